The van der Waals surface area contributed by atoms with Gasteiger partial charge in [0.05, 0.1) is 11.4 Å². The van der Waals surface area contributed by atoms with E-state index in [9.17, 15) is 19.2 Å². The summed E-state index contributed by atoms with van der Waals surface area (Å²) in [5.41, 5.74) is 9.01. The van der Waals surface area contributed by atoms with Crippen LogP contribution in [0, 0.1) is 41.5 Å². The predicted molar refractivity (Wildman–Crippen MR) is 191 cm³/mol. The zero-order chi connectivity index (χ0) is 33.5. The third kappa shape index (κ3) is 3.41. The van der Waals surface area contributed by atoms with Crippen molar-refractivity contribution in [3.8, 4) is 0 Å². The van der Waals surface area contributed by atoms with E-state index in [1.165, 1.54) is 9.80 Å². The van der Waals surface area contributed by atoms with Gasteiger partial charge in [0.15, 0.2) is 0 Å². The lowest BCUT2D eigenvalue weighted by Gasteiger charge is -2.31. The van der Waals surface area contributed by atoms with Gasteiger partial charge in [-0.3, -0.25) is 19.2 Å². The highest BCUT2D eigenvalue weighted by Crippen LogP contribution is 2.47. The Morgan fingerprint density at radius 2 is 0.604 bits per heavy atom. The Labute approximate surface area is 276 Å². The molecule has 2 aliphatic rings. The van der Waals surface area contributed by atoms with Crippen LogP contribution in [0.4, 0.5) is 11.4 Å². The second kappa shape index (κ2) is 9.35. The molecule has 4 amide bonds. The highest BCUT2D eigenvalue weighted by molar-refractivity contribution is 6.45. The number of benzene rings is 7. The van der Waals surface area contributed by atoms with Crippen molar-refractivity contribution in [3.63, 3.8) is 0 Å². The van der Waals surface area contributed by atoms with Gasteiger partial charge in [0.1, 0.15) is 0 Å². The normalized spacial score (nSPS) is 14.5. The van der Waals surface area contributed by atoms with E-state index in [1.54, 1.807) is 0 Å². The lowest BCUT2D eigenvalue weighted by atomic mass is 9.82. The Kier molecular flexibility index (Phi) is 5.52. The largest absolute Gasteiger partial charge is 0.268 e. The third-order valence-corrected chi connectivity index (χ3v) is 10.7. The fourth-order valence-electron chi connectivity index (χ4n) is 8.08. The van der Waals surface area contributed by atoms with Crippen LogP contribution in [0.15, 0.2) is 72.8 Å². The molecule has 0 aromatic heterocycles. The highest BCUT2D eigenvalue weighted by atomic mass is 16.2. The molecule has 0 aliphatic carbocycles. The molecule has 7 aromatic carbocycles. The summed E-state index contributed by atoms with van der Waals surface area (Å²) >= 11 is 0. The van der Waals surface area contributed by atoms with E-state index in [0.717, 1.165) is 65.7 Å². The summed E-state index contributed by atoms with van der Waals surface area (Å²) in [7, 11) is 0. The number of fused-ring (bicyclic) bond motifs is 2. The third-order valence-electron chi connectivity index (χ3n) is 10.7. The number of rotatable bonds is 2. The van der Waals surface area contributed by atoms with E-state index in [1.807, 2.05) is 114 Å². The summed E-state index contributed by atoms with van der Waals surface area (Å²) in [6, 6.07) is 22.8. The summed E-state index contributed by atoms with van der Waals surface area (Å²) in [5.74, 6) is -1.40. The molecule has 2 aliphatic heterocycles. The molecule has 0 saturated carbocycles. The van der Waals surface area contributed by atoms with E-state index in [0.29, 0.717) is 44.4 Å². The van der Waals surface area contributed by atoms with Crippen LogP contribution in [0.2, 0.25) is 0 Å². The molecule has 7 aromatic rings. The van der Waals surface area contributed by atoms with Gasteiger partial charge in [0.2, 0.25) is 0 Å². The molecule has 0 bridgehead atoms. The van der Waals surface area contributed by atoms with Crippen LogP contribution >= 0.6 is 0 Å². The molecular formula is C42H30N2O4. The molecule has 0 saturated heterocycles. The molecule has 6 nitrogen and oxygen atoms in total. The fourth-order valence-corrected chi connectivity index (χ4v) is 8.08. The minimum atomic E-state index is -0.350. The summed E-state index contributed by atoms with van der Waals surface area (Å²) < 4.78 is 0. The van der Waals surface area contributed by atoms with Crippen LogP contribution < -0.4 is 9.80 Å². The maximum Gasteiger partial charge on any atom is 0.265 e. The summed E-state index contributed by atoms with van der Waals surface area (Å²) in [4.78, 5) is 59.3. The van der Waals surface area contributed by atoms with E-state index in [-0.39, 0.29) is 23.6 Å². The van der Waals surface area contributed by atoms with Crippen LogP contribution in [0.25, 0.3) is 43.1 Å². The number of aryl methyl sites for hydroxylation is 6. The predicted octanol–water partition coefficient (Wildman–Crippen LogP) is 9.19. The molecule has 0 N–H and O–H groups in total. The van der Waals surface area contributed by atoms with E-state index >= 15 is 0 Å². The van der Waals surface area contributed by atoms with Crippen molar-refractivity contribution in [3.05, 3.63) is 128 Å². The van der Waals surface area contributed by atoms with Gasteiger partial charge in [-0.15, -0.1) is 0 Å². The lowest BCUT2D eigenvalue weighted by molar-refractivity contribution is 0.0877. The Bertz CT molecular complexity index is 2410. The highest BCUT2D eigenvalue weighted by Gasteiger charge is 2.38. The van der Waals surface area contributed by atoms with Crippen LogP contribution in [0.5, 0.6) is 0 Å². The van der Waals surface area contributed by atoms with Crippen LogP contribution in [0.3, 0.4) is 0 Å². The Morgan fingerprint density at radius 1 is 0.333 bits per heavy atom. The number of hydrogen-bond acceptors (Lipinski definition) is 4. The second-order valence-corrected chi connectivity index (χ2v) is 13.5. The molecule has 0 fully saturated rings. The number of anilines is 2. The van der Waals surface area contributed by atoms with Gasteiger partial charge in [-0.25, -0.2) is 9.80 Å². The van der Waals surface area contributed by atoms with Crippen molar-refractivity contribution in [1.29, 1.82) is 0 Å². The summed E-state index contributed by atoms with van der Waals surface area (Å²) in [5, 5.41) is 6.41. The first-order chi connectivity index (χ1) is 23.0. The summed E-state index contributed by atoms with van der Waals surface area (Å²) in [6.07, 6.45) is 0. The lowest BCUT2D eigenvalue weighted by Crippen LogP contribution is -2.41. The maximum absolute atomic E-state index is 14.2. The Hall–Kier alpha value is -5.88. The minimum absolute atomic E-state index is 0.350. The number of hydrogen-bond donors (Lipinski definition) is 0. The molecule has 2 heterocycles. The maximum atomic E-state index is 14.2. The molecule has 9 rings (SSSR count). The van der Waals surface area contributed by atoms with Crippen molar-refractivity contribution in [2.24, 2.45) is 0 Å². The smallest absolute Gasteiger partial charge is 0.265 e. The van der Waals surface area contributed by atoms with Gasteiger partial charge >= 0.3 is 0 Å². The van der Waals surface area contributed by atoms with E-state index in [4.69, 9.17) is 0 Å². The number of nitrogens with zero attached hydrogens (tertiary/aromatic N) is 2. The average Bonchev–Trinajstić information content (AvgIpc) is 3.06. The summed E-state index contributed by atoms with van der Waals surface area (Å²) in [6.45, 7) is 11.8. The number of carbonyl (C=O) groups excluding carboxylic acids is 4. The van der Waals surface area contributed by atoms with Gasteiger partial charge in [-0.1, -0.05) is 36.4 Å². The van der Waals surface area contributed by atoms with Gasteiger partial charge in [-0.2, -0.15) is 0 Å². The molecule has 232 valence electrons. The zero-order valence-corrected chi connectivity index (χ0v) is 27.5. The van der Waals surface area contributed by atoms with Gasteiger partial charge in [0, 0.05) is 33.0 Å². The fraction of sp³-hybridized carbons (Fsp3) is 0.143. The molecule has 6 heteroatoms. The van der Waals surface area contributed by atoms with Crippen molar-refractivity contribution >= 4 is 78.1 Å². The topological polar surface area (TPSA) is 74.8 Å². The molecule has 0 radical (unpaired) electrons. The first-order valence-corrected chi connectivity index (χ1v) is 16.1. The number of amides is 4. The Morgan fingerprint density at radius 3 is 0.896 bits per heavy atom. The molecular weight excluding hydrogens is 596 g/mol. The van der Waals surface area contributed by atoms with Crippen molar-refractivity contribution < 1.29 is 19.2 Å². The molecule has 0 spiro atoms. The minimum Gasteiger partial charge on any atom is -0.268 e. The molecule has 0 atom stereocenters. The van der Waals surface area contributed by atoms with E-state index in [2.05, 4.69) is 0 Å². The Balaban J connectivity index is 1.29. The van der Waals surface area contributed by atoms with Gasteiger partial charge in [-0.05, 0) is 144 Å². The van der Waals surface area contributed by atoms with Gasteiger partial charge in [0.25, 0.3) is 23.6 Å². The van der Waals surface area contributed by atoms with Crippen molar-refractivity contribution in [1.82, 2.24) is 0 Å². The molecule has 48 heavy (non-hydrogen) atoms. The zero-order valence-electron chi connectivity index (χ0n) is 27.5. The van der Waals surface area contributed by atoms with Crippen LogP contribution in [-0.2, 0) is 0 Å². The molecule has 0 unspecified atom stereocenters. The SMILES string of the molecule is Cc1cc(C)c(N2C(=O)c3ccc4c5ccc6c7c(ccc(c8ccc(c3c48)C2=O)c75)C(=O)N(c2cc(C)c(C)cc2C)C6=O)cc1C. The first-order valence-electron chi connectivity index (χ1n) is 16.1. The quantitative estimate of drug-likeness (QED) is 0.109. The van der Waals surface area contributed by atoms with Crippen LogP contribution in [-0.4, -0.2) is 23.6 Å². The van der Waals surface area contributed by atoms with Crippen LogP contribution in [0.1, 0.15) is 74.8 Å². The average molecular weight is 627 g/mol. The van der Waals surface area contributed by atoms with E-state index < -0.39 is 0 Å². The van der Waals surface area contributed by atoms with Gasteiger partial charge < -0.3 is 0 Å². The number of carbonyl (C=O) groups is 4. The van der Waals surface area contributed by atoms with Crippen molar-refractivity contribution in [2.75, 3.05) is 9.80 Å². The standard InChI is InChI=1S/C42H30N2O4/c1-19-15-23(5)33(17-21(19)3)43-39(45)29-11-7-25-27-9-13-31-38-32(42(48)44(41(31)47)34-18-22(4)20(2)16-24(34)6)14-10-28(36(27)38)26-8-12-30(40(43)46)37(29)35(25)26/h7-18H,1-6H3. The first kappa shape index (κ1) is 28.4. The second-order valence-electron chi connectivity index (χ2n) is 13.5. The van der Waals surface area contributed by atoms with Crippen molar-refractivity contribution in [2.45, 2.75) is 41.5 Å². The monoisotopic (exact) mass is 626 g/mol. The number of imide groups is 2.